The molecule has 0 atom stereocenters. The van der Waals surface area contributed by atoms with Crippen molar-refractivity contribution in [3.05, 3.63) is 48.0 Å². The van der Waals surface area contributed by atoms with Gasteiger partial charge in [-0.1, -0.05) is 24.3 Å². The number of para-hydroxylation sites is 3. The molecule has 22 heavy (non-hydrogen) atoms. The minimum Gasteiger partial charge on any atom is -0.504 e. The van der Waals surface area contributed by atoms with Crippen LogP contribution >= 0.6 is 0 Å². The number of phenolic OH excluding ortho intramolecular Hbond substituents is 1. The van der Waals surface area contributed by atoms with E-state index in [1.54, 1.807) is 13.2 Å². The highest BCUT2D eigenvalue weighted by Gasteiger charge is 2.11. The van der Waals surface area contributed by atoms with Gasteiger partial charge in [-0.15, -0.1) is 0 Å². The van der Waals surface area contributed by atoms with Crippen LogP contribution < -0.4 is 10.1 Å². The quantitative estimate of drug-likeness (QED) is 0.758. The monoisotopic (exact) mass is 297 g/mol. The summed E-state index contributed by atoms with van der Waals surface area (Å²) in [4.78, 5) is 4.61. The number of aromatic nitrogens is 2. The summed E-state index contributed by atoms with van der Waals surface area (Å²) in [6.07, 6.45) is 0. The molecule has 0 radical (unpaired) electrons. The molecule has 3 rings (SSSR count). The Labute approximate surface area is 129 Å². The highest BCUT2D eigenvalue weighted by Crippen LogP contribution is 2.30. The molecule has 114 valence electrons. The van der Waals surface area contributed by atoms with Gasteiger partial charge in [0, 0.05) is 18.7 Å². The number of phenols is 1. The van der Waals surface area contributed by atoms with Gasteiger partial charge >= 0.3 is 0 Å². The van der Waals surface area contributed by atoms with Crippen molar-refractivity contribution in [2.24, 2.45) is 0 Å². The smallest absolute Gasteiger partial charge is 0.204 e. The Balaban J connectivity index is 1.88. The van der Waals surface area contributed by atoms with Crippen LogP contribution in [-0.2, 0) is 13.1 Å². The number of imidazole rings is 1. The van der Waals surface area contributed by atoms with E-state index in [0.717, 1.165) is 29.1 Å². The van der Waals surface area contributed by atoms with Gasteiger partial charge in [0.15, 0.2) is 11.5 Å². The minimum atomic E-state index is 0.164. The first-order valence-electron chi connectivity index (χ1n) is 7.28. The Kier molecular flexibility index (Phi) is 3.87. The third-order valence-corrected chi connectivity index (χ3v) is 3.71. The maximum Gasteiger partial charge on any atom is 0.204 e. The van der Waals surface area contributed by atoms with E-state index in [0.29, 0.717) is 12.3 Å². The molecule has 2 aromatic carbocycles. The number of hydrogen-bond acceptors (Lipinski definition) is 4. The summed E-state index contributed by atoms with van der Waals surface area (Å²) < 4.78 is 7.25. The molecule has 0 aliphatic rings. The van der Waals surface area contributed by atoms with E-state index in [1.165, 1.54) is 0 Å². The molecular formula is C17H19N3O2. The van der Waals surface area contributed by atoms with E-state index in [9.17, 15) is 5.11 Å². The van der Waals surface area contributed by atoms with Crippen LogP contribution in [0.1, 0.15) is 12.5 Å². The molecule has 0 aliphatic carbocycles. The van der Waals surface area contributed by atoms with E-state index in [2.05, 4.69) is 27.9 Å². The number of anilines is 1. The Morgan fingerprint density at radius 3 is 2.77 bits per heavy atom. The van der Waals surface area contributed by atoms with Gasteiger partial charge in [0.1, 0.15) is 0 Å². The van der Waals surface area contributed by atoms with Crippen molar-refractivity contribution < 1.29 is 9.84 Å². The lowest BCUT2D eigenvalue weighted by Crippen LogP contribution is -2.07. The van der Waals surface area contributed by atoms with Crippen molar-refractivity contribution in [1.29, 1.82) is 0 Å². The van der Waals surface area contributed by atoms with E-state index in [4.69, 9.17) is 4.74 Å². The van der Waals surface area contributed by atoms with E-state index in [1.807, 2.05) is 30.3 Å². The average molecular weight is 297 g/mol. The standard InChI is InChI=1S/C17H19N3O2/c1-3-20-14-9-5-4-8-13(14)19-17(20)18-11-12-7-6-10-15(22-2)16(12)21/h4-10,21H,3,11H2,1-2H3,(H,18,19). The predicted octanol–water partition coefficient (Wildman–Crippen LogP) is 3.38. The third kappa shape index (κ3) is 2.45. The van der Waals surface area contributed by atoms with Crippen molar-refractivity contribution in [3.63, 3.8) is 0 Å². The summed E-state index contributed by atoms with van der Waals surface area (Å²) >= 11 is 0. The van der Waals surface area contributed by atoms with Crippen LogP contribution in [0.2, 0.25) is 0 Å². The second-order valence-electron chi connectivity index (χ2n) is 4.99. The van der Waals surface area contributed by atoms with Crippen molar-refractivity contribution in [2.75, 3.05) is 12.4 Å². The molecule has 1 aromatic heterocycles. The number of methoxy groups -OCH3 is 1. The molecule has 0 fully saturated rings. The molecule has 3 aromatic rings. The first kappa shape index (κ1) is 14.3. The number of aryl methyl sites for hydroxylation is 1. The number of benzene rings is 2. The van der Waals surface area contributed by atoms with Gasteiger partial charge in [-0.3, -0.25) is 0 Å². The first-order valence-corrected chi connectivity index (χ1v) is 7.28. The zero-order valence-electron chi connectivity index (χ0n) is 12.7. The zero-order valence-corrected chi connectivity index (χ0v) is 12.7. The number of aromatic hydroxyl groups is 1. The molecule has 5 nitrogen and oxygen atoms in total. The minimum absolute atomic E-state index is 0.164. The fourth-order valence-electron chi connectivity index (χ4n) is 2.58. The summed E-state index contributed by atoms with van der Waals surface area (Å²) in [5, 5.41) is 13.4. The molecule has 0 bridgehead atoms. The molecule has 0 amide bonds. The van der Waals surface area contributed by atoms with Gasteiger partial charge < -0.3 is 19.7 Å². The normalized spacial score (nSPS) is 10.8. The van der Waals surface area contributed by atoms with E-state index < -0.39 is 0 Å². The predicted molar refractivity (Wildman–Crippen MR) is 87.4 cm³/mol. The van der Waals surface area contributed by atoms with Crippen LogP contribution in [0.25, 0.3) is 11.0 Å². The molecule has 5 heteroatoms. The summed E-state index contributed by atoms with van der Waals surface area (Å²) in [5.74, 6) is 1.44. The Hall–Kier alpha value is -2.69. The zero-order chi connectivity index (χ0) is 15.5. The second-order valence-corrected chi connectivity index (χ2v) is 4.99. The van der Waals surface area contributed by atoms with Crippen molar-refractivity contribution in [2.45, 2.75) is 20.0 Å². The molecule has 0 aliphatic heterocycles. The first-order chi connectivity index (χ1) is 10.7. The van der Waals surface area contributed by atoms with Gasteiger partial charge in [0.2, 0.25) is 5.95 Å². The maximum atomic E-state index is 10.1. The third-order valence-electron chi connectivity index (χ3n) is 3.71. The lowest BCUT2D eigenvalue weighted by Gasteiger charge is -2.11. The molecule has 0 unspecified atom stereocenters. The van der Waals surface area contributed by atoms with Crippen molar-refractivity contribution in [3.8, 4) is 11.5 Å². The Morgan fingerprint density at radius 2 is 2.00 bits per heavy atom. The van der Waals surface area contributed by atoms with Gasteiger partial charge in [-0.2, -0.15) is 0 Å². The Bertz CT molecular complexity index is 796. The highest BCUT2D eigenvalue weighted by atomic mass is 16.5. The van der Waals surface area contributed by atoms with Crippen LogP contribution in [0.3, 0.4) is 0 Å². The molecule has 0 saturated carbocycles. The average Bonchev–Trinajstić information content (AvgIpc) is 2.91. The number of hydrogen-bond donors (Lipinski definition) is 2. The SMILES string of the molecule is CCn1c(NCc2cccc(OC)c2O)nc2ccccc21. The molecular weight excluding hydrogens is 278 g/mol. The molecule has 2 N–H and O–H groups in total. The number of rotatable bonds is 5. The summed E-state index contributed by atoms with van der Waals surface area (Å²) in [6.45, 7) is 3.39. The molecule has 0 spiro atoms. The number of ether oxygens (including phenoxy) is 1. The van der Waals surface area contributed by atoms with Gasteiger partial charge in [0.05, 0.1) is 18.1 Å². The van der Waals surface area contributed by atoms with Crippen molar-refractivity contribution in [1.82, 2.24) is 9.55 Å². The fourth-order valence-corrected chi connectivity index (χ4v) is 2.58. The molecule has 1 heterocycles. The van der Waals surface area contributed by atoms with Gasteiger partial charge in [0.25, 0.3) is 0 Å². The second kappa shape index (κ2) is 5.97. The van der Waals surface area contributed by atoms with Crippen LogP contribution in [0, 0.1) is 0 Å². The lowest BCUT2D eigenvalue weighted by atomic mass is 10.2. The topological polar surface area (TPSA) is 59.3 Å². The van der Waals surface area contributed by atoms with Gasteiger partial charge in [-0.25, -0.2) is 4.98 Å². The van der Waals surface area contributed by atoms with Crippen LogP contribution in [0.5, 0.6) is 11.5 Å². The van der Waals surface area contributed by atoms with E-state index >= 15 is 0 Å². The fraction of sp³-hybridized carbons (Fsp3) is 0.235. The summed E-state index contributed by atoms with van der Waals surface area (Å²) in [6, 6.07) is 13.5. The Morgan fingerprint density at radius 1 is 1.18 bits per heavy atom. The summed E-state index contributed by atoms with van der Waals surface area (Å²) in [5.41, 5.74) is 2.83. The summed E-state index contributed by atoms with van der Waals surface area (Å²) in [7, 11) is 1.54. The number of nitrogens with zero attached hydrogens (tertiary/aromatic N) is 2. The highest BCUT2D eigenvalue weighted by molar-refractivity contribution is 5.78. The lowest BCUT2D eigenvalue weighted by molar-refractivity contribution is 0.371. The van der Waals surface area contributed by atoms with Gasteiger partial charge in [-0.05, 0) is 25.1 Å². The largest absolute Gasteiger partial charge is 0.504 e. The molecule has 0 saturated heterocycles. The number of nitrogens with one attached hydrogen (secondary N) is 1. The number of fused-ring (bicyclic) bond motifs is 1. The van der Waals surface area contributed by atoms with Crippen LogP contribution in [-0.4, -0.2) is 21.8 Å². The van der Waals surface area contributed by atoms with Crippen LogP contribution in [0.4, 0.5) is 5.95 Å². The van der Waals surface area contributed by atoms with Crippen molar-refractivity contribution >= 4 is 17.0 Å². The van der Waals surface area contributed by atoms with Crippen LogP contribution in [0.15, 0.2) is 42.5 Å². The van der Waals surface area contributed by atoms with E-state index in [-0.39, 0.29) is 5.75 Å². The maximum absolute atomic E-state index is 10.1.